The molecule has 1 aliphatic heterocycles. The quantitative estimate of drug-likeness (QED) is 0.156. The third-order valence-electron chi connectivity index (χ3n) is 12.1. The molecular weight excluding hydrogens is 748 g/mol. The number of ether oxygens (including phenoxy) is 8. The lowest BCUT2D eigenvalue weighted by Gasteiger charge is -2.66. The molecule has 4 bridgehead atoms. The maximum Gasteiger partial charge on any atom is 0.331 e. The number of aliphatic hydroxyl groups is 1. The predicted molar refractivity (Wildman–Crippen MR) is 195 cm³/mol. The summed E-state index contributed by atoms with van der Waals surface area (Å²) in [6, 6.07) is 8.90. The van der Waals surface area contributed by atoms with Crippen LogP contribution < -0.4 is 0 Å². The largest absolute Gasteiger partial charge is 0.465 e. The third kappa shape index (κ3) is 7.56. The highest BCUT2D eigenvalue weighted by Crippen LogP contribution is 2.69. The molecule has 5 rings (SSSR count). The Morgan fingerprint density at radius 3 is 1.88 bits per heavy atom. The van der Waals surface area contributed by atoms with Gasteiger partial charge in [0, 0.05) is 71.3 Å². The standard InChI is InChI=1S/C41H50O16/c1-21-30(57-33(48)16-15-28-13-11-10-12-14-28)18-32(53-24(4)44)40(20-50-22(2)42)34(21)35(54-25(5)45)29-17-31(52-23(3)43)39(9)41(49,38(29,8)19-51-39)37(56-27(7)47)36(40)55-26(6)46/h10-16,29-32,34-37,49H,1,17-20H2,2-9H3/b16-15+/t29-,30-,31?,32-,34-,35+,36-,37-,38-,39+,40+,41-/m0/s1. The highest BCUT2D eigenvalue weighted by atomic mass is 16.6. The van der Waals surface area contributed by atoms with Gasteiger partial charge >= 0.3 is 41.8 Å². The van der Waals surface area contributed by atoms with Gasteiger partial charge in [-0.25, -0.2) is 4.79 Å². The topological polar surface area (TPSA) is 214 Å². The summed E-state index contributed by atoms with van der Waals surface area (Å²) in [6.07, 6.45) is -7.22. The van der Waals surface area contributed by atoms with Gasteiger partial charge in [0.25, 0.3) is 0 Å². The zero-order valence-corrected chi connectivity index (χ0v) is 33.3. The van der Waals surface area contributed by atoms with Crippen molar-refractivity contribution in [1.29, 1.82) is 0 Å². The first-order valence-corrected chi connectivity index (χ1v) is 18.6. The van der Waals surface area contributed by atoms with Crippen LogP contribution in [-0.2, 0) is 71.5 Å². The number of carbonyl (C=O) groups is 7. The number of carbonyl (C=O) groups excluding carboxylic acids is 7. The number of rotatable bonds is 10. The molecule has 0 aromatic heterocycles. The number of esters is 7. The summed E-state index contributed by atoms with van der Waals surface area (Å²) in [6.45, 7) is 13.0. The molecule has 0 radical (unpaired) electrons. The van der Waals surface area contributed by atoms with Crippen LogP contribution in [0.3, 0.4) is 0 Å². The Hall–Kier alpha value is -5.09. The SMILES string of the molecule is C=C1[C@@H](OC(=O)/C=C/c2ccccc2)C[C@H](OC(C)=O)[C@@]2(COC(C)=O)[C@@H](OC(C)=O)[C@H](OC(C)=O)[C@]3(O)[C@@]4(C)CO[C@]3(C)C(OC(C)=O)C[C@H]4[C@@H](OC(C)=O)[C@H]12. The second-order valence-corrected chi connectivity index (χ2v) is 15.6. The molecule has 1 saturated heterocycles. The maximum absolute atomic E-state index is 13.6. The monoisotopic (exact) mass is 798 g/mol. The molecule has 310 valence electrons. The van der Waals surface area contributed by atoms with Crippen molar-refractivity contribution in [3.63, 3.8) is 0 Å². The van der Waals surface area contributed by atoms with Crippen LogP contribution in [0.15, 0.2) is 48.6 Å². The first-order chi connectivity index (χ1) is 26.6. The van der Waals surface area contributed by atoms with E-state index in [-0.39, 0.29) is 25.0 Å². The molecule has 12 atom stereocenters. The molecule has 3 saturated carbocycles. The first kappa shape index (κ1) is 43.0. The summed E-state index contributed by atoms with van der Waals surface area (Å²) in [5, 5.41) is 13.6. The summed E-state index contributed by atoms with van der Waals surface area (Å²) in [7, 11) is 0. The van der Waals surface area contributed by atoms with Gasteiger partial charge in [-0.1, -0.05) is 43.8 Å². The van der Waals surface area contributed by atoms with Gasteiger partial charge in [0.15, 0.2) is 12.2 Å². The minimum atomic E-state index is -2.45. The van der Waals surface area contributed by atoms with Crippen LogP contribution in [0.4, 0.5) is 0 Å². The van der Waals surface area contributed by atoms with Crippen molar-refractivity contribution < 1.29 is 76.6 Å². The van der Waals surface area contributed by atoms with E-state index in [1.165, 1.54) is 19.1 Å². The van der Waals surface area contributed by atoms with Gasteiger partial charge in [-0.2, -0.15) is 0 Å². The van der Waals surface area contributed by atoms with E-state index in [0.717, 1.165) is 41.5 Å². The molecule has 1 N–H and O–H groups in total. The molecule has 4 fully saturated rings. The highest BCUT2D eigenvalue weighted by molar-refractivity contribution is 5.87. The van der Waals surface area contributed by atoms with Gasteiger partial charge < -0.3 is 43.0 Å². The van der Waals surface area contributed by atoms with E-state index in [4.69, 9.17) is 37.9 Å². The van der Waals surface area contributed by atoms with Crippen molar-refractivity contribution in [3.05, 3.63) is 54.1 Å². The Kier molecular flexibility index (Phi) is 12.1. The smallest absolute Gasteiger partial charge is 0.331 e. The summed E-state index contributed by atoms with van der Waals surface area (Å²) in [5.41, 5.74) is -7.25. The molecule has 1 heterocycles. The van der Waals surface area contributed by atoms with Crippen molar-refractivity contribution in [3.8, 4) is 0 Å². The lowest BCUT2D eigenvalue weighted by Crippen LogP contribution is -2.82. The van der Waals surface area contributed by atoms with Gasteiger partial charge in [0.05, 0.1) is 12.0 Å². The lowest BCUT2D eigenvalue weighted by molar-refractivity contribution is -0.324. The second kappa shape index (κ2) is 16.0. The van der Waals surface area contributed by atoms with Crippen LogP contribution in [0.1, 0.15) is 73.8 Å². The van der Waals surface area contributed by atoms with Gasteiger partial charge in [0.2, 0.25) is 0 Å². The average molecular weight is 799 g/mol. The molecule has 1 aromatic rings. The molecule has 0 spiro atoms. The average Bonchev–Trinajstić information content (AvgIpc) is 3.24. The number of hydrogen-bond acceptors (Lipinski definition) is 16. The predicted octanol–water partition coefficient (Wildman–Crippen LogP) is 2.96. The zero-order chi connectivity index (χ0) is 42.2. The van der Waals surface area contributed by atoms with Crippen LogP contribution in [0, 0.1) is 22.7 Å². The zero-order valence-electron chi connectivity index (χ0n) is 33.3. The van der Waals surface area contributed by atoms with Crippen molar-refractivity contribution in [2.45, 2.75) is 116 Å². The summed E-state index contributed by atoms with van der Waals surface area (Å²) in [4.78, 5) is 91.9. The minimum absolute atomic E-state index is 0.0577. The van der Waals surface area contributed by atoms with Crippen LogP contribution in [0.2, 0.25) is 0 Å². The summed E-state index contributed by atoms with van der Waals surface area (Å²) >= 11 is 0. The van der Waals surface area contributed by atoms with Crippen molar-refractivity contribution in [2.75, 3.05) is 13.2 Å². The highest BCUT2D eigenvalue weighted by Gasteiger charge is 2.84. The van der Waals surface area contributed by atoms with Crippen LogP contribution in [0.25, 0.3) is 6.08 Å². The van der Waals surface area contributed by atoms with Crippen molar-refractivity contribution >= 4 is 47.9 Å². The third-order valence-corrected chi connectivity index (χ3v) is 12.1. The fourth-order valence-electron chi connectivity index (χ4n) is 9.82. The number of fused-ring (bicyclic) bond motifs is 1. The van der Waals surface area contributed by atoms with E-state index in [1.54, 1.807) is 31.2 Å². The molecule has 1 unspecified atom stereocenters. The Morgan fingerprint density at radius 1 is 0.754 bits per heavy atom. The molecule has 0 amide bonds. The molecule has 3 aliphatic carbocycles. The maximum atomic E-state index is 13.6. The molecule has 57 heavy (non-hydrogen) atoms. The van der Waals surface area contributed by atoms with Gasteiger partial charge in [-0.3, -0.25) is 28.8 Å². The van der Waals surface area contributed by atoms with Crippen LogP contribution in [0.5, 0.6) is 0 Å². The van der Waals surface area contributed by atoms with E-state index >= 15 is 0 Å². The van der Waals surface area contributed by atoms with Gasteiger partial charge in [-0.15, -0.1) is 0 Å². The lowest BCUT2D eigenvalue weighted by atomic mass is 9.43. The Bertz CT molecular complexity index is 1840. The Morgan fingerprint density at radius 2 is 1.32 bits per heavy atom. The second-order valence-electron chi connectivity index (χ2n) is 15.6. The Balaban J connectivity index is 1.87. The van der Waals surface area contributed by atoms with E-state index in [2.05, 4.69) is 6.58 Å². The fraction of sp³-hybridized carbons (Fsp3) is 0.585. The summed E-state index contributed by atoms with van der Waals surface area (Å²) in [5.74, 6) is -8.53. The first-order valence-electron chi connectivity index (χ1n) is 18.6. The van der Waals surface area contributed by atoms with Crippen LogP contribution >= 0.6 is 0 Å². The van der Waals surface area contributed by atoms with E-state index in [0.29, 0.717) is 5.56 Å². The molecule has 4 aliphatic rings. The van der Waals surface area contributed by atoms with Crippen LogP contribution in [-0.4, -0.2) is 108 Å². The van der Waals surface area contributed by atoms with Gasteiger partial charge in [-0.05, 0) is 30.6 Å². The molecule has 1 aromatic carbocycles. The minimum Gasteiger partial charge on any atom is -0.465 e. The van der Waals surface area contributed by atoms with Gasteiger partial charge in [0.1, 0.15) is 42.2 Å². The molecule has 16 heteroatoms. The molecular formula is C41H50O16. The Labute approximate surface area is 330 Å². The molecule has 16 nitrogen and oxygen atoms in total. The number of hydrogen-bond donors (Lipinski definition) is 1. The van der Waals surface area contributed by atoms with E-state index in [1.807, 2.05) is 6.07 Å². The van der Waals surface area contributed by atoms with E-state index < -0.39 is 119 Å². The number of benzene rings is 1. The van der Waals surface area contributed by atoms with Crippen molar-refractivity contribution in [2.24, 2.45) is 22.7 Å². The van der Waals surface area contributed by atoms with E-state index in [9.17, 15) is 38.7 Å². The normalized spacial score (nSPS) is 36.7. The summed E-state index contributed by atoms with van der Waals surface area (Å²) < 4.78 is 48.3. The van der Waals surface area contributed by atoms with Crippen molar-refractivity contribution in [1.82, 2.24) is 0 Å². The fourth-order valence-corrected chi connectivity index (χ4v) is 9.82.